The van der Waals surface area contributed by atoms with Crippen LogP contribution in [0.4, 0.5) is 9.18 Å². The number of sulfone groups is 1. The number of carbonyl (C=O) groups excluding carboxylic acids is 1. The molecule has 0 spiro atoms. The van der Waals surface area contributed by atoms with Gasteiger partial charge in [0, 0.05) is 18.1 Å². The Kier molecular flexibility index (Phi) is 6.91. The molecule has 2 unspecified atom stereocenters. The van der Waals surface area contributed by atoms with Crippen molar-refractivity contribution in [2.75, 3.05) is 18.8 Å². The Balaban J connectivity index is 1.40. The van der Waals surface area contributed by atoms with Crippen LogP contribution in [0.2, 0.25) is 10.0 Å². The Hall–Kier alpha value is -2.92. The van der Waals surface area contributed by atoms with Crippen molar-refractivity contribution in [2.45, 2.75) is 25.0 Å². The second-order valence-corrected chi connectivity index (χ2v) is 13.2. The van der Waals surface area contributed by atoms with E-state index >= 15 is 0 Å². The number of ether oxygens (including phenoxy) is 1. The summed E-state index contributed by atoms with van der Waals surface area (Å²) in [6, 6.07) is 10.5. The third-order valence-corrected chi connectivity index (χ3v) is 9.52. The van der Waals surface area contributed by atoms with Gasteiger partial charge in [0.1, 0.15) is 5.82 Å². The molecule has 1 N–H and O–H groups in total. The summed E-state index contributed by atoms with van der Waals surface area (Å²) in [5.41, 5.74) is 4.92. The fourth-order valence-corrected chi connectivity index (χ4v) is 7.80. The lowest BCUT2D eigenvalue weighted by atomic mass is 10.0. The summed E-state index contributed by atoms with van der Waals surface area (Å²) in [7, 11) is -3.62. The summed E-state index contributed by atoms with van der Waals surface area (Å²) in [4.78, 5) is 12.9. The number of nitrogens with one attached hydrogen (secondary N) is 1. The summed E-state index contributed by atoms with van der Waals surface area (Å²) in [6.07, 6.45) is 4.44. The van der Waals surface area contributed by atoms with Crippen molar-refractivity contribution in [3.8, 4) is 11.6 Å². The molecule has 1 amide bonds. The number of halogens is 3. The predicted octanol–water partition coefficient (Wildman–Crippen LogP) is 5.52. The van der Waals surface area contributed by atoms with E-state index in [2.05, 4.69) is 10.5 Å². The van der Waals surface area contributed by atoms with Gasteiger partial charge >= 0.3 is 6.09 Å². The summed E-state index contributed by atoms with van der Waals surface area (Å²) in [6.45, 7) is 1.51. The maximum Gasteiger partial charge on any atom is 0.428 e. The number of fused-ring (bicyclic) bond motifs is 2. The second kappa shape index (κ2) is 10.2. The molecular weight excluding hydrogens is 566 g/mol. The van der Waals surface area contributed by atoms with Crippen molar-refractivity contribution in [2.24, 2.45) is 11.8 Å². The first-order chi connectivity index (χ1) is 18.6. The molecule has 8 nitrogen and oxygen atoms in total. The Morgan fingerprint density at radius 3 is 2.49 bits per heavy atom. The van der Waals surface area contributed by atoms with E-state index in [0.717, 1.165) is 25.9 Å². The molecule has 0 radical (unpaired) electrons. The van der Waals surface area contributed by atoms with Crippen LogP contribution in [0.1, 0.15) is 36.1 Å². The first kappa shape index (κ1) is 26.3. The molecule has 0 bridgehead atoms. The van der Waals surface area contributed by atoms with E-state index in [1.165, 1.54) is 23.2 Å². The van der Waals surface area contributed by atoms with E-state index in [1.54, 1.807) is 36.4 Å². The Bertz CT molecular complexity index is 1580. The highest BCUT2D eigenvalue weighted by molar-refractivity contribution is 7.91. The van der Waals surface area contributed by atoms with Crippen molar-refractivity contribution in [1.29, 1.82) is 0 Å². The van der Waals surface area contributed by atoms with Crippen LogP contribution in [-0.2, 0) is 15.6 Å². The average molecular weight is 591 g/mol. The minimum atomic E-state index is -3.62. The van der Waals surface area contributed by atoms with E-state index < -0.39 is 21.7 Å². The van der Waals surface area contributed by atoms with Crippen LogP contribution >= 0.6 is 23.2 Å². The van der Waals surface area contributed by atoms with Gasteiger partial charge in [-0.2, -0.15) is 0 Å². The van der Waals surface area contributed by atoms with Crippen LogP contribution in [0.25, 0.3) is 17.3 Å². The molecule has 1 saturated heterocycles. The Morgan fingerprint density at radius 1 is 1.08 bits per heavy atom. The summed E-state index contributed by atoms with van der Waals surface area (Å²) < 4.78 is 46.6. The molecule has 12 heteroatoms. The monoisotopic (exact) mass is 590 g/mol. The Labute approximate surface area is 235 Å². The number of hydrogen-bond donors (Lipinski definition) is 1. The van der Waals surface area contributed by atoms with Crippen LogP contribution in [0, 0.1) is 17.7 Å². The number of amides is 1. The van der Waals surface area contributed by atoms with Gasteiger partial charge in [0.2, 0.25) is 5.88 Å². The molecule has 204 valence electrons. The van der Waals surface area contributed by atoms with Gasteiger partial charge in [-0.15, -0.1) is 5.10 Å². The summed E-state index contributed by atoms with van der Waals surface area (Å²) in [5.74, 6) is -0.0554. The van der Waals surface area contributed by atoms with Crippen LogP contribution in [-0.4, -0.2) is 48.1 Å². The van der Waals surface area contributed by atoms with Crippen molar-refractivity contribution in [3.05, 3.63) is 75.1 Å². The molecule has 2 aromatic carbocycles. The maximum absolute atomic E-state index is 13.5. The average Bonchev–Trinajstić information content (AvgIpc) is 3.54. The van der Waals surface area contributed by atoms with Crippen molar-refractivity contribution >= 4 is 50.8 Å². The van der Waals surface area contributed by atoms with Crippen LogP contribution < -0.4 is 10.2 Å². The van der Waals surface area contributed by atoms with Gasteiger partial charge in [-0.1, -0.05) is 41.8 Å². The van der Waals surface area contributed by atoms with Crippen molar-refractivity contribution in [1.82, 2.24) is 20.2 Å². The molecule has 3 aliphatic rings. The van der Waals surface area contributed by atoms with Crippen LogP contribution in [0.15, 0.2) is 42.5 Å². The first-order valence-corrected chi connectivity index (χ1v) is 15.2. The van der Waals surface area contributed by atoms with Gasteiger partial charge in [0.05, 0.1) is 33.5 Å². The van der Waals surface area contributed by atoms with Crippen LogP contribution in [0.3, 0.4) is 0 Å². The van der Waals surface area contributed by atoms with Gasteiger partial charge in [-0.25, -0.2) is 27.3 Å². The molecule has 39 heavy (non-hydrogen) atoms. The molecule has 3 heterocycles. The highest BCUT2D eigenvalue weighted by atomic mass is 35.5. The van der Waals surface area contributed by atoms with Crippen molar-refractivity contribution in [3.63, 3.8) is 0 Å². The highest BCUT2D eigenvalue weighted by Gasteiger charge is 2.38. The molecule has 1 aliphatic carbocycles. The highest BCUT2D eigenvalue weighted by Crippen LogP contribution is 2.40. The lowest BCUT2D eigenvalue weighted by Crippen LogP contribution is -2.42. The van der Waals surface area contributed by atoms with Gasteiger partial charge in [0.25, 0.3) is 0 Å². The molecule has 2 fully saturated rings. The number of carbonyl (C=O) groups is 1. The summed E-state index contributed by atoms with van der Waals surface area (Å²) >= 11 is 12.6. The van der Waals surface area contributed by atoms with Crippen LogP contribution in [0.5, 0.6) is 5.88 Å². The maximum atomic E-state index is 13.5. The molecule has 2 aliphatic heterocycles. The number of nitrogens with zero attached hydrogens (tertiary/aromatic N) is 3. The van der Waals surface area contributed by atoms with Gasteiger partial charge in [0.15, 0.2) is 9.84 Å². The zero-order chi connectivity index (χ0) is 27.3. The first-order valence-electron chi connectivity index (χ1n) is 12.6. The standard InChI is InChI=1S/C27H25Cl2FN4O4S/c28-20-6-9-24(23(29)11-20)34-25-19(10-16-4-7-21(30)8-5-16)14-39(36,37)15-22(25)26(31-34)38-27(35)32-33-12-17-2-1-3-18(17)13-33/h4-11,17-18H,1-3,12-15H2,(H,32,35)/b19-10+. The van der Waals surface area contributed by atoms with E-state index in [1.807, 2.05) is 5.01 Å². The lowest BCUT2D eigenvalue weighted by molar-refractivity contribution is 0.153. The molecule has 3 aromatic rings. The molecular formula is C27H25Cl2FN4O4S. The number of benzene rings is 2. The third-order valence-electron chi connectivity index (χ3n) is 7.50. The zero-order valence-electron chi connectivity index (χ0n) is 20.7. The number of hydrogen-bond acceptors (Lipinski definition) is 6. The fraction of sp³-hybridized carbons (Fsp3) is 0.333. The lowest BCUT2D eigenvalue weighted by Gasteiger charge is -2.19. The molecule has 6 rings (SSSR count). The minimum absolute atomic E-state index is 0.124. The zero-order valence-corrected chi connectivity index (χ0v) is 23.1. The van der Waals surface area contributed by atoms with Gasteiger partial charge in [-0.05, 0) is 72.2 Å². The SMILES string of the molecule is O=C(NN1CC2CCCC2C1)Oc1nn(-c2ccc(Cl)cc2Cl)c2c1CS(=O)(=O)C/C2=C\c1ccc(F)cc1. The number of hydrazine groups is 1. The van der Waals surface area contributed by atoms with Gasteiger partial charge < -0.3 is 4.74 Å². The van der Waals surface area contributed by atoms with E-state index in [-0.39, 0.29) is 28.0 Å². The quantitative estimate of drug-likeness (QED) is 0.430. The number of rotatable bonds is 4. The minimum Gasteiger partial charge on any atom is -0.388 e. The fourth-order valence-electron chi connectivity index (χ4n) is 5.81. The summed E-state index contributed by atoms with van der Waals surface area (Å²) in [5, 5.41) is 7.07. The molecule has 1 aromatic heterocycles. The smallest absolute Gasteiger partial charge is 0.388 e. The normalized spacial score (nSPS) is 23.0. The van der Waals surface area contributed by atoms with E-state index in [4.69, 9.17) is 27.9 Å². The van der Waals surface area contributed by atoms with E-state index in [0.29, 0.717) is 39.4 Å². The van der Waals surface area contributed by atoms with Gasteiger partial charge in [-0.3, -0.25) is 5.43 Å². The third kappa shape index (κ3) is 5.43. The number of aromatic nitrogens is 2. The van der Waals surface area contributed by atoms with Crippen molar-refractivity contribution < 1.29 is 22.3 Å². The largest absolute Gasteiger partial charge is 0.428 e. The predicted molar refractivity (Wildman–Crippen MR) is 147 cm³/mol. The molecule has 2 atom stereocenters. The second-order valence-electron chi connectivity index (χ2n) is 10.3. The topological polar surface area (TPSA) is 93.5 Å². The molecule has 1 saturated carbocycles. The Morgan fingerprint density at radius 2 is 1.79 bits per heavy atom. The van der Waals surface area contributed by atoms with E-state index in [9.17, 15) is 17.6 Å².